The van der Waals surface area contributed by atoms with Crippen molar-refractivity contribution in [2.75, 3.05) is 18.5 Å². The SMILES string of the molecule is Cc1ccc(CC(CO)CNc2ccc3nnc(-c4ccsc4)n3n2)cc1. The van der Waals surface area contributed by atoms with E-state index in [4.69, 9.17) is 0 Å². The van der Waals surface area contributed by atoms with Crippen LogP contribution >= 0.6 is 11.3 Å². The lowest BCUT2D eigenvalue weighted by Crippen LogP contribution is -2.21. The molecule has 0 aliphatic rings. The summed E-state index contributed by atoms with van der Waals surface area (Å²) in [5.74, 6) is 1.58. The van der Waals surface area contributed by atoms with E-state index in [2.05, 4.69) is 51.8 Å². The molecule has 4 rings (SSSR count). The highest BCUT2D eigenvalue weighted by atomic mass is 32.1. The van der Waals surface area contributed by atoms with Gasteiger partial charge in [0.05, 0.1) is 0 Å². The van der Waals surface area contributed by atoms with Gasteiger partial charge in [-0.2, -0.15) is 15.9 Å². The van der Waals surface area contributed by atoms with E-state index >= 15 is 0 Å². The molecule has 3 heterocycles. The van der Waals surface area contributed by atoms with Crippen molar-refractivity contribution in [2.24, 2.45) is 5.92 Å². The van der Waals surface area contributed by atoms with Gasteiger partial charge in [0.2, 0.25) is 0 Å². The summed E-state index contributed by atoms with van der Waals surface area (Å²) in [4.78, 5) is 0. The first-order valence-electron chi connectivity index (χ1n) is 8.88. The number of hydrogen-bond donors (Lipinski definition) is 2. The normalized spacial score (nSPS) is 12.4. The maximum Gasteiger partial charge on any atom is 0.186 e. The molecule has 6 nitrogen and oxygen atoms in total. The predicted octanol–water partition coefficient (Wildman–Crippen LogP) is 3.42. The summed E-state index contributed by atoms with van der Waals surface area (Å²) in [5, 5.41) is 30.2. The van der Waals surface area contributed by atoms with Crippen LogP contribution in [-0.2, 0) is 6.42 Å². The molecule has 3 aromatic heterocycles. The number of aliphatic hydroxyl groups is 1. The minimum absolute atomic E-state index is 0.113. The molecular formula is C20H21N5OS. The van der Waals surface area contributed by atoms with Crippen molar-refractivity contribution in [3.05, 3.63) is 64.4 Å². The second-order valence-corrected chi connectivity index (χ2v) is 7.42. The molecule has 0 saturated heterocycles. The van der Waals surface area contributed by atoms with Gasteiger partial charge in [0, 0.05) is 30.0 Å². The molecule has 1 unspecified atom stereocenters. The summed E-state index contributed by atoms with van der Waals surface area (Å²) < 4.78 is 1.75. The van der Waals surface area contributed by atoms with Crippen molar-refractivity contribution in [3.63, 3.8) is 0 Å². The van der Waals surface area contributed by atoms with E-state index in [1.165, 1.54) is 11.1 Å². The van der Waals surface area contributed by atoms with Gasteiger partial charge in [0.25, 0.3) is 0 Å². The molecule has 0 spiro atoms. The number of nitrogens with zero attached hydrogens (tertiary/aromatic N) is 4. The lowest BCUT2D eigenvalue weighted by Gasteiger charge is -2.15. The zero-order valence-corrected chi connectivity index (χ0v) is 15.9. The number of fused-ring (bicyclic) bond motifs is 1. The molecule has 1 atom stereocenters. The quantitative estimate of drug-likeness (QED) is 0.515. The van der Waals surface area contributed by atoms with E-state index in [1.54, 1.807) is 15.9 Å². The van der Waals surface area contributed by atoms with Crippen LogP contribution < -0.4 is 5.32 Å². The third-order valence-corrected chi connectivity index (χ3v) is 5.20. The summed E-state index contributed by atoms with van der Waals surface area (Å²) in [6.45, 7) is 2.83. The number of nitrogens with one attached hydrogen (secondary N) is 1. The fraction of sp³-hybridized carbons (Fsp3) is 0.250. The Morgan fingerprint density at radius 1 is 1.11 bits per heavy atom. The number of aromatic nitrogens is 4. The molecule has 138 valence electrons. The second kappa shape index (κ2) is 7.85. The smallest absolute Gasteiger partial charge is 0.186 e. The Morgan fingerprint density at radius 2 is 1.96 bits per heavy atom. The Morgan fingerprint density at radius 3 is 2.70 bits per heavy atom. The van der Waals surface area contributed by atoms with Crippen LogP contribution in [0, 0.1) is 12.8 Å². The highest BCUT2D eigenvalue weighted by Gasteiger charge is 2.12. The lowest BCUT2D eigenvalue weighted by molar-refractivity contribution is 0.232. The van der Waals surface area contributed by atoms with Crippen molar-refractivity contribution >= 4 is 22.8 Å². The molecule has 0 amide bonds. The molecule has 4 aromatic rings. The number of hydrogen-bond acceptors (Lipinski definition) is 6. The Kier molecular flexibility index (Phi) is 5.13. The number of thiophene rings is 1. The van der Waals surface area contributed by atoms with Crippen molar-refractivity contribution in [1.29, 1.82) is 0 Å². The monoisotopic (exact) mass is 379 g/mol. The summed E-state index contributed by atoms with van der Waals surface area (Å²) >= 11 is 1.62. The Hall–Kier alpha value is -2.77. The van der Waals surface area contributed by atoms with Crippen molar-refractivity contribution in [2.45, 2.75) is 13.3 Å². The van der Waals surface area contributed by atoms with Gasteiger partial charge in [-0.25, -0.2) is 0 Å². The van der Waals surface area contributed by atoms with E-state index < -0.39 is 0 Å². The Bertz CT molecular complexity index is 1010. The largest absolute Gasteiger partial charge is 0.396 e. The van der Waals surface area contributed by atoms with Crippen molar-refractivity contribution in [1.82, 2.24) is 19.8 Å². The number of anilines is 1. The number of benzene rings is 1. The highest BCUT2D eigenvalue weighted by Crippen LogP contribution is 2.21. The van der Waals surface area contributed by atoms with Gasteiger partial charge in [-0.15, -0.1) is 15.3 Å². The Balaban J connectivity index is 1.47. The molecular weight excluding hydrogens is 358 g/mol. The van der Waals surface area contributed by atoms with Gasteiger partial charge in [0.1, 0.15) is 5.82 Å². The van der Waals surface area contributed by atoms with Gasteiger partial charge in [-0.1, -0.05) is 29.8 Å². The average molecular weight is 379 g/mol. The van der Waals surface area contributed by atoms with E-state index in [9.17, 15) is 5.11 Å². The maximum absolute atomic E-state index is 9.74. The fourth-order valence-electron chi connectivity index (χ4n) is 2.96. The number of aliphatic hydroxyl groups excluding tert-OH is 1. The zero-order chi connectivity index (χ0) is 18.6. The number of aryl methyl sites for hydroxylation is 1. The molecule has 7 heteroatoms. The highest BCUT2D eigenvalue weighted by molar-refractivity contribution is 7.08. The molecule has 27 heavy (non-hydrogen) atoms. The summed E-state index contributed by atoms with van der Waals surface area (Å²) in [7, 11) is 0. The first-order valence-corrected chi connectivity index (χ1v) is 9.82. The molecule has 1 aromatic carbocycles. The molecule has 0 aliphatic heterocycles. The van der Waals surface area contributed by atoms with Gasteiger partial charge >= 0.3 is 0 Å². The van der Waals surface area contributed by atoms with Gasteiger partial charge in [0.15, 0.2) is 11.5 Å². The first-order chi connectivity index (χ1) is 13.2. The summed E-state index contributed by atoms with van der Waals surface area (Å²) in [5.41, 5.74) is 4.18. The summed E-state index contributed by atoms with van der Waals surface area (Å²) in [6, 6.07) is 14.2. The minimum atomic E-state index is 0.113. The van der Waals surface area contributed by atoms with Crippen LogP contribution in [0.5, 0.6) is 0 Å². The Labute approximate surface area is 161 Å². The molecule has 0 bridgehead atoms. The van der Waals surface area contributed by atoms with Crippen LogP contribution in [0.2, 0.25) is 0 Å². The maximum atomic E-state index is 9.74. The third-order valence-electron chi connectivity index (χ3n) is 4.52. The van der Waals surface area contributed by atoms with Crippen LogP contribution in [0.4, 0.5) is 5.82 Å². The molecule has 0 fully saturated rings. The van der Waals surface area contributed by atoms with Gasteiger partial charge in [-0.3, -0.25) is 0 Å². The van der Waals surface area contributed by atoms with E-state index in [0.29, 0.717) is 12.2 Å². The van der Waals surface area contributed by atoms with Crippen molar-refractivity contribution < 1.29 is 5.11 Å². The zero-order valence-electron chi connectivity index (χ0n) is 15.0. The second-order valence-electron chi connectivity index (χ2n) is 6.64. The van der Waals surface area contributed by atoms with Gasteiger partial charge in [-0.05, 0) is 42.5 Å². The van der Waals surface area contributed by atoms with E-state index in [-0.39, 0.29) is 12.5 Å². The van der Waals surface area contributed by atoms with Crippen LogP contribution in [0.3, 0.4) is 0 Å². The molecule has 2 N–H and O–H groups in total. The number of rotatable bonds is 7. The topological polar surface area (TPSA) is 75.3 Å². The summed E-state index contributed by atoms with van der Waals surface area (Å²) in [6.07, 6.45) is 0.818. The fourth-order valence-corrected chi connectivity index (χ4v) is 3.60. The third kappa shape index (κ3) is 3.99. The van der Waals surface area contributed by atoms with Crippen LogP contribution in [0.1, 0.15) is 11.1 Å². The van der Waals surface area contributed by atoms with E-state index in [0.717, 1.165) is 23.6 Å². The first kappa shape index (κ1) is 17.6. The molecule has 0 radical (unpaired) electrons. The lowest BCUT2D eigenvalue weighted by atomic mass is 9.99. The minimum Gasteiger partial charge on any atom is -0.396 e. The van der Waals surface area contributed by atoms with Crippen molar-refractivity contribution in [3.8, 4) is 11.4 Å². The average Bonchev–Trinajstić information content (AvgIpc) is 3.35. The molecule has 0 aliphatic carbocycles. The van der Waals surface area contributed by atoms with Crippen LogP contribution in [0.25, 0.3) is 17.0 Å². The van der Waals surface area contributed by atoms with Crippen LogP contribution in [0.15, 0.2) is 53.2 Å². The molecule has 0 saturated carbocycles. The van der Waals surface area contributed by atoms with E-state index in [1.807, 2.05) is 29.0 Å². The predicted molar refractivity (Wildman–Crippen MR) is 108 cm³/mol. The van der Waals surface area contributed by atoms with Crippen LogP contribution in [-0.4, -0.2) is 38.1 Å². The van der Waals surface area contributed by atoms with Gasteiger partial charge < -0.3 is 10.4 Å². The standard InChI is InChI=1S/C20H21N5OS/c1-14-2-4-15(5-3-14)10-16(12-26)11-21-18-6-7-19-22-23-20(25(19)24-18)17-8-9-27-13-17/h2-9,13,16,26H,10-12H2,1H3,(H,21,24).